The molecule has 0 aliphatic carbocycles. The van der Waals surface area contributed by atoms with Gasteiger partial charge in [-0.1, -0.05) is 6.92 Å². The summed E-state index contributed by atoms with van der Waals surface area (Å²) in [6, 6.07) is 2.44. The van der Waals surface area contributed by atoms with E-state index >= 15 is 0 Å². The molecule has 0 aromatic heterocycles. The summed E-state index contributed by atoms with van der Waals surface area (Å²) in [5, 5.41) is 9.04. The molecule has 0 atom stereocenters. The summed E-state index contributed by atoms with van der Waals surface area (Å²) in [6.45, 7) is 3.66. The van der Waals surface area contributed by atoms with E-state index < -0.39 is 0 Å². The summed E-state index contributed by atoms with van der Waals surface area (Å²) in [4.78, 5) is 0. The molecule has 1 aliphatic rings. The van der Waals surface area contributed by atoms with Crippen LogP contribution in [0.5, 0.6) is 0 Å². The van der Waals surface area contributed by atoms with Gasteiger partial charge in [0.05, 0.1) is 6.07 Å². The molecule has 2 nitrogen and oxygen atoms in total. The Morgan fingerprint density at radius 1 is 1.50 bits per heavy atom. The van der Waals surface area contributed by atoms with E-state index in [0.29, 0.717) is 0 Å². The molecule has 0 aromatic rings. The standard InChI is InChI=1S/C9H15NOS/c1-2-7-12-9(8-10)3-5-11-6-4-9/h2-7H2,1H3. The summed E-state index contributed by atoms with van der Waals surface area (Å²) in [5.41, 5.74) is 0. The van der Waals surface area contributed by atoms with Gasteiger partial charge in [0, 0.05) is 13.2 Å². The third-order valence-electron chi connectivity index (χ3n) is 2.09. The highest BCUT2D eigenvalue weighted by molar-refractivity contribution is 8.00. The topological polar surface area (TPSA) is 33.0 Å². The quantitative estimate of drug-likeness (QED) is 0.675. The second kappa shape index (κ2) is 4.74. The fourth-order valence-electron chi connectivity index (χ4n) is 1.29. The van der Waals surface area contributed by atoms with Gasteiger partial charge in [-0.15, -0.1) is 11.8 Å². The summed E-state index contributed by atoms with van der Waals surface area (Å²) in [6.07, 6.45) is 2.94. The van der Waals surface area contributed by atoms with Gasteiger partial charge in [0.1, 0.15) is 4.75 Å². The third kappa shape index (κ3) is 2.40. The van der Waals surface area contributed by atoms with Crippen molar-refractivity contribution in [1.82, 2.24) is 0 Å². The third-order valence-corrected chi connectivity index (χ3v) is 3.75. The van der Waals surface area contributed by atoms with Crippen LogP contribution in [0.1, 0.15) is 26.2 Å². The van der Waals surface area contributed by atoms with Crippen LogP contribution in [0.2, 0.25) is 0 Å². The van der Waals surface area contributed by atoms with Crippen molar-refractivity contribution in [1.29, 1.82) is 5.26 Å². The maximum absolute atomic E-state index is 9.04. The van der Waals surface area contributed by atoms with E-state index in [1.807, 2.05) is 0 Å². The number of rotatable bonds is 3. The summed E-state index contributed by atoms with van der Waals surface area (Å²) in [5.74, 6) is 1.09. The molecular weight excluding hydrogens is 170 g/mol. The van der Waals surface area contributed by atoms with Crippen LogP contribution in [0.15, 0.2) is 0 Å². The van der Waals surface area contributed by atoms with Crippen molar-refractivity contribution in [3.05, 3.63) is 0 Å². The highest BCUT2D eigenvalue weighted by Gasteiger charge is 2.32. The van der Waals surface area contributed by atoms with Crippen LogP contribution in [0.25, 0.3) is 0 Å². The lowest BCUT2D eigenvalue weighted by atomic mass is 10.0. The molecule has 1 heterocycles. The average Bonchev–Trinajstić information content (AvgIpc) is 2.16. The SMILES string of the molecule is CCCSC1(C#N)CCOCC1. The minimum Gasteiger partial charge on any atom is -0.381 e. The molecule has 0 N–H and O–H groups in total. The van der Waals surface area contributed by atoms with E-state index in [9.17, 15) is 0 Å². The van der Waals surface area contributed by atoms with E-state index in [0.717, 1.165) is 38.2 Å². The smallest absolute Gasteiger partial charge is 0.107 e. The Kier molecular flexibility index (Phi) is 3.90. The fourth-order valence-corrected chi connectivity index (χ4v) is 2.40. The Hall–Kier alpha value is -0.200. The Labute approximate surface area is 78.3 Å². The van der Waals surface area contributed by atoms with Gasteiger partial charge in [-0.2, -0.15) is 5.26 Å². The molecule has 68 valence electrons. The van der Waals surface area contributed by atoms with Crippen LogP contribution >= 0.6 is 11.8 Å². The lowest BCUT2D eigenvalue weighted by molar-refractivity contribution is 0.0886. The molecule has 0 radical (unpaired) electrons. The monoisotopic (exact) mass is 185 g/mol. The summed E-state index contributed by atoms with van der Waals surface area (Å²) in [7, 11) is 0. The second-order valence-electron chi connectivity index (χ2n) is 3.07. The summed E-state index contributed by atoms with van der Waals surface area (Å²) < 4.78 is 5.11. The highest BCUT2D eigenvalue weighted by Crippen LogP contribution is 2.34. The first kappa shape index (κ1) is 9.88. The first-order valence-corrected chi connectivity index (χ1v) is 5.44. The number of nitrogens with zero attached hydrogens (tertiary/aromatic N) is 1. The molecule has 1 aliphatic heterocycles. The fraction of sp³-hybridized carbons (Fsp3) is 0.889. The first-order chi connectivity index (χ1) is 5.83. The molecule has 0 unspecified atom stereocenters. The van der Waals surface area contributed by atoms with Crippen molar-refractivity contribution >= 4 is 11.8 Å². The lowest BCUT2D eigenvalue weighted by Gasteiger charge is -2.29. The van der Waals surface area contributed by atoms with Gasteiger partial charge in [-0.05, 0) is 25.0 Å². The Balaban J connectivity index is 2.44. The highest BCUT2D eigenvalue weighted by atomic mass is 32.2. The van der Waals surface area contributed by atoms with Crippen molar-refractivity contribution in [2.24, 2.45) is 0 Å². The van der Waals surface area contributed by atoms with Crippen LogP contribution in [0.3, 0.4) is 0 Å². The zero-order chi connectivity index (χ0) is 8.86. The minimum atomic E-state index is -0.131. The molecule has 0 spiro atoms. The number of hydrogen-bond donors (Lipinski definition) is 0. The molecule has 0 bridgehead atoms. The van der Waals surface area contributed by atoms with Gasteiger partial charge in [-0.3, -0.25) is 0 Å². The van der Waals surface area contributed by atoms with E-state index in [2.05, 4.69) is 13.0 Å². The number of thioether (sulfide) groups is 1. The number of hydrogen-bond acceptors (Lipinski definition) is 3. The zero-order valence-corrected chi connectivity index (χ0v) is 8.32. The molecule has 3 heteroatoms. The largest absolute Gasteiger partial charge is 0.381 e. The van der Waals surface area contributed by atoms with Crippen LogP contribution in [0.4, 0.5) is 0 Å². The van der Waals surface area contributed by atoms with Crippen LogP contribution in [0, 0.1) is 11.3 Å². The summed E-state index contributed by atoms with van der Waals surface area (Å²) >= 11 is 1.80. The molecule has 1 fully saturated rings. The minimum absolute atomic E-state index is 0.131. The average molecular weight is 185 g/mol. The zero-order valence-electron chi connectivity index (χ0n) is 7.51. The van der Waals surface area contributed by atoms with E-state index in [1.54, 1.807) is 11.8 Å². The molecule has 12 heavy (non-hydrogen) atoms. The Morgan fingerprint density at radius 2 is 2.17 bits per heavy atom. The van der Waals surface area contributed by atoms with Gasteiger partial charge < -0.3 is 4.74 Å². The van der Waals surface area contributed by atoms with Crippen molar-refractivity contribution in [3.8, 4) is 6.07 Å². The van der Waals surface area contributed by atoms with Crippen LogP contribution in [-0.2, 0) is 4.74 Å². The molecule has 1 saturated heterocycles. The predicted octanol–water partition coefficient (Wildman–Crippen LogP) is 2.20. The molecule has 1 rings (SSSR count). The van der Waals surface area contributed by atoms with Gasteiger partial charge in [0.25, 0.3) is 0 Å². The number of nitriles is 1. The molecular formula is C9H15NOS. The molecule has 0 saturated carbocycles. The lowest BCUT2D eigenvalue weighted by Crippen LogP contribution is -2.31. The van der Waals surface area contributed by atoms with Gasteiger partial charge in [0.2, 0.25) is 0 Å². The van der Waals surface area contributed by atoms with E-state index in [-0.39, 0.29) is 4.75 Å². The van der Waals surface area contributed by atoms with Crippen molar-refractivity contribution in [2.75, 3.05) is 19.0 Å². The number of ether oxygens (including phenoxy) is 1. The Bertz CT molecular complexity index is 170. The van der Waals surface area contributed by atoms with Crippen molar-refractivity contribution < 1.29 is 4.74 Å². The maximum atomic E-state index is 9.04. The second-order valence-corrected chi connectivity index (χ2v) is 4.55. The van der Waals surface area contributed by atoms with Gasteiger partial charge >= 0.3 is 0 Å². The van der Waals surface area contributed by atoms with Crippen LogP contribution in [-0.4, -0.2) is 23.7 Å². The van der Waals surface area contributed by atoms with E-state index in [1.165, 1.54) is 0 Å². The normalized spacial score (nSPS) is 21.7. The first-order valence-electron chi connectivity index (χ1n) is 4.46. The Morgan fingerprint density at radius 3 is 2.67 bits per heavy atom. The van der Waals surface area contributed by atoms with Crippen molar-refractivity contribution in [2.45, 2.75) is 30.9 Å². The molecule has 0 amide bonds. The maximum Gasteiger partial charge on any atom is 0.107 e. The van der Waals surface area contributed by atoms with Crippen molar-refractivity contribution in [3.63, 3.8) is 0 Å². The molecule has 0 aromatic carbocycles. The van der Waals surface area contributed by atoms with Gasteiger partial charge in [0.15, 0.2) is 0 Å². The van der Waals surface area contributed by atoms with E-state index in [4.69, 9.17) is 10.00 Å². The predicted molar refractivity (Wildman–Crippen MR) is 51.1 cm³/mol. The van der Waals surface area contributed by atoms with Crippen LogP contribution < -0.4 is 0 Å². The van der Waals surface area contributed by atoms with Gasteiger partial charge in [-0.25, -0.2) is 0 Å².